The minimum Gasteiger partial charge on any atom is -0.397 e. The van der Waals surface area contributed by atoms with Gasteiger partial charge in [0.05, 0.1) is 18.3 Å². The highest BCUT2D eigenvalue weighted by Gasteiger charge is 2.44. The van der Waals surface area contributed by atoms with E-state index in [9.17, 15) is 28.5 Å². The number of hydrogen-bond donors (Lipinski definition) is 5. The van der Waals surface area contributed by atoms with Crippen LogP contribution in [0.4, 0.5) is 18.9 Å². The molecule has 3 aromatic rings. The van der Waals surface area contributed by atoms with Crippen LogP contribution in [-0.4, -0.2) is 65.8 Å². The van der Waals surface area contributed by atoms with Gasteiger partial charge in [-0.15, -0.1) is 0 Å². The van der Waals surface area contributed by atoms with Crippen LogP contribution in [0.25, 0.3) is 16.5 Å². The Morgan fingerprint density at radius 3 is 2.43 bits per heavy atom. The summed E-state index contributed by atoms with van der Waals surface area (Å²) in [5, 5.41) is 36.2. The third-order valence-corrected chi connectivity index (χ3v) is 7.34. The molecule has 6 N–H and O–H groups in total. The molecule has 7 nitrogen and oxygen atoms in total. The van der Waals surface area contributed by atoms with Gasteiger partial charge in [-0.25, -0.2) is 13.2 Å². The molecule has 0 saturated carbocycles. The first kappa shape index (κ1) is 27.1. The van der Waals surface area contributed by atoms with E-state index in [0.717, 1.165) is 39.7 Å². The minimum atomic E-state index is -1.61. The number of ether oxygens (including phenoxy) is 1. The summed E-state index contributed by atoms with van der Waals surface area (Å²) in [6, 6.07) is 12.2. The molecule has 1 aliphatic rings. The van der Waals surface area contributed by atoms with E-state index < -0.39 is 53.8 Å². The van der Waals surface area contributed by atoms with E-state index in [0.29, 0.717) is 0 Å². The first-order chi connectivity index (χ1) is 17.6. The molecule has 11 heteroatoms. The van der Waals surface area contributed by atoms with Gasteiger partial charge in [0.15, 0.2) is 17.5 Å². The van der Waals surface area contributed by atoms with Crippen molar-refractivity contribution in [2.24, 2.45) is 5.73 Å². The maximum Gasteiger partial charge on any atom is 0.194 e. The molecular weight excluding hydrogens is 507 g/mol. The number of fused-ring (bicyclic) bond motifs is 1. The summed E-state index contributed by atoms with van der Waals surface area (Å²) in [7, 11) is 3.92. The zero-order valence-electron chi connectivity index (χ0n) is 20.1. The number of aliphatic hydroxyl groups is 3. The predicted molar refractivity (Wildman–Crippen MR) is 137 cm³/mol. The number of nitrogens with one attached hydrogen (secondary N) is 1. The molecule has 4 rings (SSSR count). The van der Waals surface area contributed by atoms with Crippen molar-refractivity contribution in [1.29, 1.82) is 0 Å². The van der Waals surface area contributed by atoms with E-state index in [-0.39, 0.29) is 11.3 Å². The molecule has 0 aromatic heterocycles. The standard InChI is InChI=1S/C26H28F3N3O4S/c1-32(2)20-5-3-4-13-8-15(6-7-16(13)20)37-26-25(35)23(24(34)21(12-33)36-26)31-11-19(30)14-9-17(27)22(29)18(28)10-14/h3-11,21,23-26,31,33-35H,12,30H2,1-2H3/b19-11-. The van der Waals surface area contributed by atoms with Crippen molar-refractivity contribution in [1.82, 2.24) is 5.32 Å². The number of nitrogens with two attached hydrogens (primary N) is 1. The fourth-order valence-corrected chi connectivity index (χ4v) is 5.33. The van der Waals surface area contributed by atoms with Crippen LogP contribution in [0.2, 0.25) is 0 Å². The zero-order chi connectivity index (χ0) is 26.9. The van der Waals surface area contributed by atoms with E-state index in [2.05, 4.69) is 5.32 Å². The lowest BCUT2D eigenvalue weighted by atomic mass is 9.97. The Bertz CT molecular complexity index is 1290. The van der Waals surface area contributed by atoms with E-state index in [4.69, 9.17) is 10.5 Å². The number of aliphatic hydroxyl groups excluding tert-OH is 3. The lowest BCUT2D eigenvalue weighted by Gasteiger charge is -2.42. The highest BCUT2D eigenvalue weighted by molar-refractivity contribution is 7.99. The Kier molecular flexibility index (Phi) is 8.20. The topological polar surface area (TPSA) is 111 Å². The van der Waals surface area contributed by atoms with Gasteiger partial charge in [-0.05, 0) is 35.7 Å². The average molecular weight is 536 g/mol. The van der Waals surface area contributed by atoms with Gasteiger partial charge in [-0.2, -0.15) is 0 Å². The van der Waals surface area contributed by atoms with Gasteiger partial charge >= 0.3 is 0 Å². The number of hydrogen-bond acceptors (Lipinski definition) is 8. The molecule has 0 amide bonds. The third-order valence-electron chi connectivity index (χ3n) is 6.20. The molecule has 1 fully saturated rings. The SMILES string of the molecule is CN(C)c1cccc2cc(SC3OC(CO)C(O)C(N/C=C(\N)c4cc(F)c(F)c(F)c4)C3O)ccc12. The molecule has 1 aliphatic heterocycles. The largest absolute Gasteiger partial charge is 0.397 e. The Morgan fingerprint density at radius 1 is 1.08 bits per heavy atom. The average Bonchev–Trinajstić information content (AvgIpc) is 2.87. The maximum atomic E-state index is 13.6. The molecule has 1 saturated heterocycles. The molecule has 5 atom stereocenters. The summed E-state index contributed by atoms with van der Waals surface area (Å²) < 4.78 is 46.2. The summed E-state index contributed by atoms with van der Waals surface area (Å²) in [6.07, 6.45) is -2.46. The van der Waals surface area contributed by atoms with E-state index in [1.807, 2.05) is 55.4 Å². The van der Waals surface area contributed by atoms with E-state index in [1.165, 1.54) is 11.8 Å². The molecule has 1 heterocycles. The molecule has 37 heavy (non-hydrogen) atoms. The molecule has 198 valence electrons. The number of nitrogens with zero attached hydrogens (tertiary/aromatic N) is 1. The van der Waals surface area contributed by atoms with E-state index in [1.54, 1.807) is 0 Å². The van der Waals surface area contributed by atoms with Crippen molar-refractivity contribution in [3.63, 3.8) is 0 Å². The zero-order valence-corrected chi connectivity index (χ0v) is 20.9. The van der Waals surface area contributed by atoms with Crippen LogP contribution in [0.1, 0.15) is 5.56 Å². The quantitative estimate of drug-likeness (QED) is 0.294. The molecular formula is C26H28F3N3O4S. The Labute approximate surface area is 216 Å². The maximum absolute atomic E-state index is 13.6. The van der Waals surface area contributed by atoms with Crippen LogP contribution in [0.5, 0.6) is 0 Å². The van der Waals surface area contributed by atoms with Crippen LogP contribution in [-0.2, 0) is 4.74 Å². The lowest BCUT2D eigenvalue weighted by molar-refractivity contribution is -0.164. The molecule has 0 spiro atoms. The highest BCUT2D eigenvalue weighted by atomic mass is 32.2. The van der Waals surface area contributed by atoms with Gasteiger partial charge in [0.2, 0.25) is 0 Å². The molecule has 5 unspecified atom stereocenters. The van der Waals surface area contributed by atoms with Crippen molar-refractivity contribution < 1.29 is 33.2 Å². The number of halogens is 3. The summed E-state index contributed by atoms with van der Waals surface area (Å²) in [5.41, 5.74) is 5.80. The third kappa shape index (κ3) is 5.65. The Hall–Kier alpha value is -2.96. The number of benzene rings is 3. The highest BCUT2D eigenvalue weighted by Crippen LogP contribution is 2.36. The van der Waals surface area contributed by atoms with E-state index >= 15 is 0 Å². The first-order valence-corrected chi connectivity index (χ1v) is 12.3. The van der Waals surface area contributed by atoms with Crippen molar-refractivity contribution >= 4 is 33.9 Å². The van der Waals surface area contributed by atoms with Gasteiger partial charge < -0.3 is 36.0 Å². The lowest BCUT2D eigenvalue weighted by Crippen LogP contribution is -2.62. The van der Waals surface area contributed by atoms with Gasteiger partial charge in [0, 0.05) is 41.8 Å². The number of rotatable bonds is 7. The van der Waals surface area contributed by atoms with Crippen molar-refractivity contribution in [3.8, 4) is 0 Å². The molecule has 0 radical (unpaired) electrons. The first-order valence-electron chi connectivity index (χ1n) is 11.5. The molecule has 3 aromatic carbocycles. The fraction of sp³-hybridized carbons (Fsp3) is 0.308. The van der Waals surface area contributed by atoms with Crippen LogP contribution in [0.15, 0.2) is 59.6 Å². The normalized spacial score (nSPS) is 24.3. The summed E-state index contributed by atoms with van der Waals surface area (Å²) in [6.45, 7) is -0.513. The van der Waals surface area contributed by atoms with Crippen molar-refractivity contribution in [2.45, 2.75) is 34.7 Å². The van der Waals surface area contributed by atoms with Crippen LogP contribution >= 0.6 is 11.8 Å². The summed E-state index contributed by atoms with van der Waals surface area (Å²) >= 11 is 1.22. The van der Waals surface area contributed by atoms with Crippen molar-refractivity contribution in [3.05, 3.63) is 77.7 Å². The summed E-state index contributed by atoms with van der Waals surface area (Å²) in [5.74, 6) is -4.41. The fourth-order valence-electron chi connectivity index (χ4n) is 4.22. The Balaban J connectivity index is 1.55. The smallest absolute Gasteiger partial charge is 0.194 e. The van der Waals surface area contributed by atoms with Gasteiger partial charge in [0.25, 0.3) is 0 Å². The predicted octanol–water partition coefficient (Wildman–Crippen LogP) is 2.77. The number of anilines is 1. The van der Waals surface area contributed by atoms with Gasteiger partial charge in [0.1, 0.15) is 23.7 Å². The van der Waals surface area contributed by atoms with Gasteiger partial charge in [-0.3, -0.25) is 0 Å². The van der Waals surface area contributed by atoms with Crippen molar-refractivity contribution in [2.75, 3.05) is 25.6 Å². The second kappa shape index (κ2) is 11.2. The summed E-state index contributed by atoms with van der Waals surface area (Å²) in [4.78, 5) is 2.81. The second-order valence-electron chi connectivity index (χ2n) is 8.93. The van der Waals surface area contributed by atoms with Crippen LogP contribution in [0, 0.1) is 17.5 Å². The molecule has 0 bridgehead atoms. The van der Waals surface area contributed by atoms with Crippen LogP contribution in [0.3, 0.4) is 0 Å². The van der Waals surface area contributed by atoms with Crippen LogP contribution < -0.4 is 16.0 Å². The Morgan fingerprint density at radius 2 is 1.78 bits per heavy atom. The monoisotopic (exact) mass is 535 g/mol. The minimum absolute atomic E-state index is 0.127. The van der Waals surface area contributed by atoms with Gasteiger partial charge in [-0.1, -0.05) is 30.0 Å². The number of thioether (sulfide) groups is 1. The molecule has 0 aliphatic carbocycles. The second-order valence-corrected chi connectivity index (χ2v) is 10.1.